The number of nitrogens with two attached hydrogens (primary N) is 1. The maximum absolute atomic E-state index is 5.51. The summed E-state index contributed by atoms with van der Waals surface area (Å²) in [6, 6.07) is 15.2. The molecule has 0 aromatic heterocycles. The lowest BCUT2D eigenvalue weighted by Crippen LogP contribution is -1.92. The lowest BCUT2D eigenvalue weighted by molar-refractivity contribution is 0.748. The average molecular weight is 319 g/mol. The highest BCUT2D eigenvalue weighted by Gasteiger charge is 1.97. The van der Waals surface area contributed by atoms with E-state index in [4.69, 9.17) is 5.73 Å². The van der Waals surface area contributed by atoms with E-state index in [2.05, 4.69) is 74.5 Å². The van der Waals surface area contributed by atoms with Gasteiger partial charge >= 0.3 is 0 Å². The Morgan fingerprint density at radius 2 is 1.62 bits per heavy atom. The molecule has 0 fully saturated rings. The zero-order valence-corrected chi connectivity index (χ0v) is 15.0. The molecule has 24 heavy (non-hydrogen) atoms. The molecule has 0 amide bonds. The minimum atomic E-state index is 0.594. The molecule has 0 aliphatic rings. The maximum Gasteiger partial charge on any atom is 0.0110 e. The quantitative estimate of drug-likeness (QED) is 0.620. The number of rotatable bonds is 8. The van der Waals surface area contributed by atoms with Gasteiger partial charge < -0.3 is 5.73 Å². The first-order valence-corrected chi connectivity index (χ1v) is 8.89. The topological polar surface area (TPSA) is 26.0 Å². The van der Waals surface area contributed by atoms with Gasteiger partial charge in [0.15, 0.2) is 0 Å². The summed E-state index contributed by atoms with van der Waals surface area (Å²) >= 11 is 0. The normalized spacial score (nSPS) is 11.6. The highest BCUT2D eigenvalue weighted by molar-refractivity contribution is 5.57. The predicted octanol–water partition coefficient (Wildman–Crippen LogP) is 5.70. The first kappa shape index (κ1) is 18.2. The van der Waals surface area contributed by atoms with E-state index >= 15 is 0 Å². The third kappa shape index (κ3) is 5.82. The fourth-order valence-electron chi connectivity index (χ4n) is 2.94. The van der Waals surface area contributed by atoms with Crippen LogP contribution in [0.2, 0.25) is 0 Å². The Morgan fingerprint density at radius 1 is 0.875 bits per heavy atom. The largest absolute Gasteiger partial charge is 0.327 e. The molecule has 2 aromatic carbocycles. The van der Waals surface area contributed by atoms with Crippen LogP contribution < -0.4 is 5.73 Å². The summed E-state index contributed by atoms with van der Waals surface area (Å²) in [5, 5.41) is 0. The van der Waals surface area contributed by atoms with E-state index in [1.165, 1.54) is 40.7 Å². The Hall–Kier alpha value is -2.12. The van der Waals surface area contributed by atoms with Crippen LogP contribution in [0.15, 0.2) is 54.6 Å². The van der Waals surface area contributed by atoms with Gasteiger partial charge in [0.05, 0.1) is 0 Å². The van der Waals surface area contributed by atoms with Crippen LogP contribution in [0.5, 0.6) is 0 Å². The minimum absolute atomic E-state index is 0.594. The number of aryl methyl sites for hydroxylation is 3. The zero-order chi connectivity index (χ0) is 17.2. The Bertz CT molecular complexity index is 675. The Balaban J connectivity index is 1.77. The van der Waals surface area contributed by atoms with Gasteiger partial charge in [0.2, 0.25) is 0 Å². The van der Waals surface area contributed by atoms with Gasteiger partial charge in [0.25, 0.3) is 0 Å². The molecule has 2 N–H and O–H groups in total. The predicted molar refractivity (Wildman–Crippen MR) is 107 cm³/mol. The van der Waals surface area contributed by atoms with Crippen LogP contribution >= 0.6 is 0 Å². The van der Waals surface area contributed by atoms with Crippen molar-refractivity contribution in [3.8, 4) is 0 Å². The SMILES string of the molecule is Cc1cccc(C)c1/C=C/CCCCc1cccc(/C=C/CN)c1. The van der Waals surface area contributed by atoms with Crippen molar-refractivity contribution in [2.45, 2.75) is 39.5 Å². The molecule has 2 rings (SSSR count). The highest BCUT2D eigenvalue weighted by Crippen LogP contribution is 2.16. The van der Waals surface area contributed by atoms with Crippen molar-refractivity contribution in [1.29, 1.82) is 0 Å². The molecule has 0 atom stereocenters. The molecule has 1 nitrogen and oxygen atoms in total. The molecule has 0 saturated carbocycles. The van der Waals surface area contributed by atoms with Gasteiger partial charge in [-0.05, 0) is 67.3 Å². The molecule has 0 radical (unpaired) electrons. The van der Waals surface area contributed by atoms with Crippen molar-refractivity contribution >= 4 is 12.2 Å². The van der Waals surface area contributed by atoms with Crippen molar-refractivity contribution in [1.82, 2.24) is 0 Å². The van der Waals surface area contributed by atoms with Gasteiger partial charge in [-0.3, -0.25) is 0 Å². The molecular formula is C23H29N. The van der Waals surface area contributed by atoms with Crippen molar-refractivity contribution in [2.75, 3.05) is 6.54 Å². The van der Waals surface area contributed by atoms with Gasteiger partial charge in [-0.15, -0.1) is 0 Å². The summed E-state index contributed by atoms with van der Waals surface area (Å²) in [5.74, 6) is 0. The van der Waals surface area contributed by atoms with E-state index in [0.29, 0.717) is 6.54 Å². The van der Waals surface area contributed by atoms with E-state index in [1.54, 1.807) is 0 Å². The van der Waals surface area contributed by atoms with Crippen LogP contribution in [0.4, 0.5) is 0 Å². The summed E-state index contributed by atoms with van der Waals surface area (Å²) in [6.45, 7) is 4.95. The standard InChI is InChI=1S/C23H29N/c1-19-10-7-11-20(2)23(19)16-6-4-3-5-12-21-13-8-14-22(18-21)15-9-17-24/h6-11,13-16,18H,3-5,12,17,24H2,1-2H3/b15-9+,16-6+. The molecule has 0 unspecified atom stereocenters. The first-order valence-electron chi connectivity index (χ1n) is 8.89. The summed E-state index contributed by atoms with van der Waals surface area (Å²) < 4.78 is 0. The lowest BCUT2D eigenvalue weighted by Gasteiger charge is -2.04. The summed E-state index contributed by atoms with van der Waals surface area (Å²) in [5.41, 5.74) is 12.2. The summed E-state index contributed by atoms with van der Waals surface area (Å²) in [4.78, 5) is 0. The number of unbranched alkanes of at least 4 members (excludes halogenated alkanes) is 2. The molecule has 0 aliphatic carbocycles. The van der Waals surface area contributed by atoms with Crippen LogP contribution in [0, 0.1) is 13.8 Å². The van der Waals surface area contributed by atoms with E-state index < -0.39 is 0 Å². The number of allylic oxidation sites excluding steroid dienone is 1. The summed E-state index contributed by atoms with van der Waals surface area (Å²) in [7, 11) is 0. The van der Waals surface area contributed by atoms with Crippen molar-refractivity contribution in [3.05, 3.63) is 82.4 Å². The summed E-state index contributed by atoms with van der Waals surface area (Å²) in [6.07, 6.45) is 13.4. The van der Waals surface area contributed by atoms with Crippen LogP contribution in [0.25, 0.3) is 12.2 Å². The van der Waals surface area contributed by atoms with Gasteiger partial charge in [-0.1, -0.05) is 66.8 Å². The van der Waals surface area contributed by atoms with E-state index in [0.717, 1.165) is 12.8 Å². The van der Waals surface area contributed by atoms with Crippen LogP contribution in [-0.4, -0.2) is 6.54 Å². The Morgan fingerprint density at radius 3 is 2.38 bits per heavy atom. The average Bonchev–Trinajstić information content (AvgIpc) is 2.58. The fourth-order valence-corrected chi connectivity index (χ4v) is 2.94. The van der Waals surface area contributed by atoms with Crippen LogP contribution in [0.3, 0.4) is 0 Å². The highest BCUT2D eigenvalue weighted by atomic mass is 14.5. The molecule has 0 saturated heterocycles. The molecule has 0 heterocycles. The number of benzene rings is 2. The molecule has 0 bridgehead atoms. The molecule has 0 aliphatic heterocycles. The molecule has 126 valence electrons. The van der Waals surface area contributed by atoms with Gasteiger partial charge in [-0.25, -0.2) is 0 Å². The molecule has 0 spiro atoms. The van der Waals surface area contributed by atoms with Crippen LogP contribution in [0.1, 0.15) is 47.1 Å². The molecular weight excluding hydrogens is 290 g/mol. The fraction of sp³-hybridized carbons (Fsp3) is 0.304. The van der Waals surface area contributed by atoms with E-state index in [9.17, 15) is 0 Å². The smallest absolute Gasteiger partial charge is 0.0110 e. The van der Waals surface area contributed by atoms with E-state index in [1.807, 2.05) is 6.08 Å². The zero-order valence-electron chi connectivity index (χ0n) is 15.0. The second kappa shape index (κ2) is 9.89. The second-order valence-electron chi connectivity index (χ2n) is 6.34. The maximum atomic E-state index is 5.51. The number of hydrogen-bond acceptors (Lipinski definition) is 1. The van der Waals surface area contributed by atoms with Crippen molar-refractivity contribution in [2.24, 2.45) is 5.73 Å². The Kier molecular flexibility index (Phi) is 7.51. The molecule has 1 heteroatoms. The monoisotopic (exact) mass is 319 g/mol. The van der Waals surface area contributed by atoms with Gasteiger partial charge in [-0.2, -0.15) is 0 Å². The van der Waals surface area contributed by atoms with Crippen LogP contribution in [-0.2, 0) is 6.42 Å². The third-order valence-corrected chi connectivity index (χ3v) is 4.31. The lowest BCUT2D eigenvalue weighted by atomic mass is 10.0. The number of hydrogen-bond donors (Lipinski definition) is 1. The van der Waals surface area contributed by atoms with Gasteiger partial charge in [0, 0.05) is 6.54 Å². The third-order valence-electron chi connectivity index (χ3n) is 4.31. The van der Waals surface area contributed by atoms with E-state index in [-0.39, 0.29) is 0 Å². The Labute approximate surface area is 146 Å². The molecule has 2 aromatic rings. The van der Waals surface area contributed by atoms with Crippen molar-refractivity contribution < 1.29 is 0 Å². The first-order chi connectivity index (χ1) is 11.7. The van der Waals surface area contributed by atoms with Gasteiger partial charge in [0.1, 0.15) is 0 Å². The minimum Gasteiger partial charge on any atom is -0.327 e. The second-order valence-corrected chi connectivity index (χ2v) is 6.34. The van der Waals surface area contributed by atoms with Crippen molar-refractivity contribution in [3.63, 3.8) is 0 Å².